The van der Waals surface area contributed by atoms with Crippen LogP contribution in [0.4, 0.5) is 0 Å². The summed E-state index contributed by atoms with van der Waals surface area (Å²) in [5, 5.41) is 6.42. The van der Waals surface area contributed by atoms with E-state index >= 15 is 0 Å². The SMILES string of the molecule is CC(C)(Cc1ccc(Br)cc1)NC(=O)CC1COCCN1. The lowest BCUT2D eigenvalue weighted by Gasteiger charge is -2.29. The van der Waals surface area contributed by atoms with Crippen LogP contribution in [0.25, 0.3) is 0 Å². The van der Waals surface area contributed by atoms with Gasteiger partial charge in [0, 0.05) is 29.0 Å². The maximum Gasteiger partial charge on any atom is 0.222 e. The Hall–Kier alpha value is -0.910. The maximum atomic E-state index is 12.2. The van der Waals surface area contributed by atoms with Crippen LogP contribution in [-0.4, -0.2) is 37.2 Å². The topological polar surface area (TPSA) is 50.4 Å². The number of carbonyl (C=O) groups is 1. The molecule has 4 nitrogen and oxygen atoms in total. The van der Waals surface area contributed by atoms with Gasteiger partial charge in [-0.2, -0.15) is 0 Å². The molecular formula is C16H23BrN2O2. The summed E-state index contributed by atoms with van der Waals surface area (Å²) in [6, 6.07) is 8.33. The molecule has 0 bridgehead atoms. The highest BCUT2D eigenvalue weighted by atomic mass is 79.9. The van der Waals surface area contributed by atoms with Gasteiger partial charge in [-0.25, -0.2) is 0 Å². The number of hydrogen-bond donors (Lipinski definition) is 2. The van der Waals surface area contributed by atoms with Gasteiger partial charge in [-0.15, -0.1) is 0 Å². The molecule has 0 spiro atoms. The first-order chi connectivity index (χ1) is 9.94. The van der Waals surface area contributed by atoms with Crippen molar-refractivity contribution in [3.05, 3.63) is 34.3 Å². The number of nitrogens with one attached hydrogen (secondary N) is 2. The molecule has 1 aliphatic heterocycles. The summed E-state index contributed by atoms with van der Waals surface area (Å²) in [7, 11) is 0. The predicted octanol–water partition coefficient (Wildman–Crippen LogP) is 2.26. The van der Waals surface area contributed by atoms with Gasteiger partial charge in [0.15, 0.2) is 0 Å². The smallest absolute Gasteiger partial charge is 0.222 e. The number of rotatable bonds is 5. The first kappa shape index (κ1) is 16.5. The Morgan fingerprint density at radius 3 is 2.76 bits per heavy atom. The van der Waals surface area contributed by atoms with Gasteiger partial charge in [-0.05, 0) is 38.0 Å². The number of morpholine rings is 1. The highest BCUT2D eigenvalue weighted by Gasteiger charge is 2.23. The van der Waals surface area contributed by atoms with Crippen LogP contribution in [0, 0.1) is 0 Å². The molecule has 0 aromatic heterocycles. The molecule has 1 fully saturated rings. The zero-order valence-electron chi connectivity index (χ0n) is 12.6. The Balaban J connectivity index is 1.84. The summed E-state index contributed by atoms with van der Waals surface area (Å²) in [6.07, 6.45) is 1.27. The molecule has 1 amide bonds. The molecule has 1 atom stereocenters. The Kier molecular flexibility index (Phi) is 5.79. The Morgan fingerprint density at radius 1 is 1.43 bits per heavy atom. The zero-order valence-corrected chi connectivity index (χ0v) is 14.2. The van der Waals surface area contributed by atoms with Gasteiger partial charge < -0.3 is 15.4 Å². The molecule has 2 N–H and O–H groups in total. The van der Waals surface area contributed by atoms with E-state index < -0.39 is 0 Å². The fourth-order valence-corrected chi connectivity index (χ4v) is 2.82. The Labute approximate surface area is 134 Å². The maximum absolute atomic E-state index is 12.2. The van der Waals surface area contributed by atoms with E-state index in [1.54, 1.807) is 0 Å². The number of ether oxygens (including phenoxy) is 1. The molecule has 2 rings (SSSR count). The minimum atomic E-state index is -0.263. The fraction of sp³-hybridized carbons (Fsp3) is 0.562. The van der Waals surface area contributed by atoms with Crippen molar-refractivity contribution >= 4 is 21.8 Å². The van der Waals surface area contributed by atoms with Gasteiger partial charge in [0.05, 0.1) is 13.2 Å². The molecular weight excluding hydrogens is 332 g/mol. The first-order valence-electron chi connectivity index (χ1n) is 7.31. The van der Waals surface area contributed by atoms with E-state index in [2.05, 4.69) is 52.5 Å². The minimum absolute atomic E-state index is 0.0695. The van der Waals surface area contributed by atoms with Crippen molar-refractivity contribution < 1.29 is 9.53 Å². The van der Waals surface area contributed by atoms with Crippen LogP contribution >= 0.6 is 15.9 Å². The molecule has 0 saturated carbocycles. The second kappa shape index (κ2) is 7.38. The molecule has 0 radical (unpaired) electrons. The molecule has 5 heteroatoms. The molecule has 116 valence electrons. The average Bonchev–Trinajstić information content (AvgIpc) is 2.41. The van der Waals surface area contributed by atoms with Crippen molar-refractivity contribution in [1.29, 1.82) is 0 Å². The van der Waals surface area contributed by atoms with Crippen LogP contribution in [0.15, 0.2) is 28.7 Å². The summed E-state index contributed by atoms with van der Waals surface area (Å²) in [5.41, 5.74) is 0.947. The second-order valence-electron chi connectivity index (χ2n) is 6.17. The fourth-order valence-electron chi connectivity index (χ4n) is 2.56. The summed E-state index contributed by atoms with van der Waals surface area (Å²) >= 11 is 3.43. The van der Waals surface area contributed by atoms with Crippen LogP contribution in [0.2, 0.25) is 0 Å². The van der Waals surface area contributed by atoms with Gasteiger partial charge in [-0.1, -0.05) is 28.1 Å². The third kappa shape index (κ3) is 5.77. The van der Waals surface area contributed by atoms with E-state index in [1.165, 1.54) is 5.56 Å². The van der Waals surface area contributed by atoms with Crippen molar-refractivity contribution in [2.24, 2.45) is 0 Å². The van der Waals surface area contributed by atoms with Crippen LogP contribution in [-0.2, 0) is 16.0 Å². The largest absolute Gasteiger partial charge is 0.378 e. The number of carbonyl (C=O) groups excluding carboxylic acids is 1. The Bertz CT molecular complexity index is 468. The van der Waals surface area contributed by atoms with Crippen LogP contribution in [0.1, 0.15) is 25.8 Å². The van der Waals surface area contributed by atoms with Gasteiger partial charge in [0.25, 0.3) is 0 Å². The van der Waals surface area contributed by atoms with Crippen molar-refractivity contribution in [3.8, 4) is 0 Å². The van der Waals surface area contributed by atoms with Crippen molar-refractivity contribution in [3.63, 3.8) is 0 Å². The first-order valence-corrected chi connectivity index (χ1v) is 8.10. The number of amides is 1. The Morgan fingerprint density at radius 2 is 2.14 bits per heavy atom. The molecule has 1 saturated heterocycles. The summed E-state index contributed by atoms with van der Waals surface area (Å²) in [6.45, 7) is 6.27. The van der Waals surface area contributed by atoms with Crippen LogP contribution in [0.3, 0.4) is 0 Å². The summed E-state index contributed by atoms with van der Waals surface area (Å²) in [5.74, 6) is 0.0695. The highest BCUT2D eigenvalue weighted by Crippen LogP contribution is 2.16. The summed E-state index contributed by atoms with van der Waals surface area (Å²) < 4.78 is 6.44. The van der Waals surface area contributed by atoms with E-state index in [-0.39, 0.29) is 17.5 Å². The molecule has 21 heavy (non-hydrogen) atoms. The molecule has 1 heterocycles. The van der Waals surface area contributed by atoms with E-state index in [9.17, 15) is 4.79 Å². The lowest BCUT2D eigenvalue weighted by molar-refractivity contribution is -0.123. The number of halogens is 1. The quantitative estimate of drug-likeness (QED) is 0.852. The van der Waals surface area contributed by atoms with E-state index in [1.807, 2.05) is 12.1 Å². The van der Waals surface area contributed by atoms with E-state index in [4.69, 9.17) is 4.74 Å². The van der Waals surface area contributed by atoms with E-state index in [0.29, 0.717) is 13.0 Å². The average molecular weight is 355 g/mol. The van der Waals surface area contributed by atoms with Crippen molar-refractivity contribution in [2.75, 3.05) is 19.8 Å². The highest BCUT2D eigenvalue weighted by molar-refractivity contribution is 9.10. The van der Waals surface area contributed by atoms with Crippen molar-refractivity contribution in [2.45, 2.75) is 38.3 Å². The van der Waals surface area contributed by atoms with E-state index in [0.717, 1.165) is 24.0 Å². The molecule has 1 aliphatic rings. The molecule has 1 aromatic carbocycles. The van der Waals surface area contributed by atoms with Gasteiger partial charge in [0.2, 0.25) is 5.91 Å². The van der Waals surface area contributed by atoms with Crippen LogP contribution in [0.5, 0.6) is 0 Å². The van der Waals surface area contributed by atoms with Gasteiger partial charge in [0.1, 0.15) is 0 Å². The third-order valence-electron chi connectivity index (χ3n) is 3.47. The second-order valence-corrected chi connectivity index (χ2v) is 7.08. The monoisotopic (exact) mass is 354 g/mol. The minimum Gasteiger partial charge on any atom is -0.378 e. The lowest BCUT2D eigenvalue weighted by atomic mass is 9.94. The number of benzene rings is 1. The van der Waals surface area contributed by atoms with Gasteiger partial charge >= 0.3 is 0 Å². The lowest BCUT2D eigenvalue weighted by Crippen LogP contribution is -2.49. The molecule has 0 aliphatic carbocycles. The molecule has 1 unspecified atom stereocenters. The number of hydrogen-bond acceptors (Lipinski definition) is 3. The normalized spacial score (nSPS) is 19.3. The predicted molar refractivity (Wildman–Crippen MR) is 87.3 cm³/mol. The summed E-state index contributed by atoms with van der Waals surface area (Å²) in [4.78, 5) is 12.2. The van der Waals surface area contributed by atoms with Crippen LogP contribution < -0.4 is 10.6 Å². The standard InChI is InChI=1S/C16H23BrN2O2/c1-16(2,10-12-3-5-13(17)6-4-12)19-15(20)9-14-11-21-8-7-18-14/h3-6,14,18H,7-11H2,1-2H3,(H,19,20). The molecule has 1 aromatic rings. The zero-order chi connectivity index (χ0) is 15.3. The van der Waals surface area contributed by atoms with Crippen molar-refractivity contribution in [1.82, 2.24) is 10.6 Å². The van der Waals surface area contributed by atoms with Gasteiger partial charge in [-0.3, -0.25) is 4.79 Å². The third-order valence-corrected chi connectivity index (χ3v) is 4.00.